The Hall–Kier alpha value is -3.71. The van der Waals surface area contributed by atoms with Gasteiger partial charge in [-0.1, -0.05) is 43.2 Å². The smallest absolute Gasteiger partial charge is 0.272 e. The zero-order chi connectivity index (χ0) is 25.2. The normalized spacial score (nSPS) is 16.1. The zero-order valence-electron chi connectivity index (χ0n) is 21.3. The monoisotopic (exact) mass is 495 g/mol. The fraction of sp³-hybridized carbons (Fsp3) is 0.367. The number of para-hydroxylation sites is 1. The van der Waals surface area contributed by atoms with Gasteiger partial charge < -0.3 is 10.1 Å². The highest BCUT2D eigenvalue weighted by atomic mass is 16.5. The number of hydrogen-bond donors (Lipinski definition) is 1. The molecular formula is C30H33N5O2. The number of fused-ring (bicyclic) bond motifs is 2. The van der Waals surface area contributed by atoms with Gasteiger partial charge in [0, 0.05) is 54.9 Å². The number of ether oxygens (including phenoxy) is 1. The van der Waals surface area contributed by atoms with Crippen LogP contribution in [0.25, 0.3) is 10.9 Å². The molecule has 0 radical (unpaired) electrons. The van der Waals surface area contributed by atoms with Gasteiger partial charge in [-0.05, 0) is 48.2 Å². The van der Waals surface area contributed by atoms with E-state index >= 15 is 0 Å². The minimum Gasteiger partial charge on any atom is -0.497 e. The number of methoxy groups -OCH3 is 1. The third-order valence-electron chi connectivity index (χ3n) is 7.74. The predicted octanol–water partition coefficient (Wildman–Crippen LogP) is 4.72. The molecule has 0 saturated heterocycles. The minimum atomic E-state index is -0.0344. The third-order valence-corrected chi connectivity index (χ3v) is 7.74. The second kappa shape index (κ2) is 10.3. The standard InChI is InChI=1S/C30H33N5O2/c1-37-24-12-10-21(11-13-24)18-35-28-15-17-34(19-22-14-16-31-27-9-5-4-8-25(22)27)20-26(28)29(33-35)30(36)32-23-6-2-3-7-23/h4-5,8-14,16,23H,2-3,6-7,15,17-20H2,1H3,(H,32,36). The van der Waals surface area contributed by atoms with Crippen LogP contribution in [0.5, 0.6) is 5.75 Å². The molecule has 6 rings (SSSR count). The Kier molecular flexibility index (Phi) is 6.62. The molecule has 1 N–H and O–H groups in total. The summed E-state index contributed by atoms with van der Waals surface area (Å²) in [5.74, 6) is 0.801. The van der Waals surface area contributed by atoms with Crippen LogP contribution in [-0.2, 0) is 26.1 Å². The number of carbonyl (C=O) groups is 1. The first-order valence-electron chi connectivity index (χ1n) is 13.3. The summed E-state index contributed by atoms with van der Waals surface area (Å²) in [6.07, 6.45) is 7.23. The molecule has 0 atom stereocenters. The molecule has 1 saturated carbocycles. The van der Waals surface area contributed by atoms with E-state index in [1.54, 1.807) is 7.11 Å². The molecule has 2 aromatic heterocycles. The van der Waals surface area contributed by atoms with Crippen LogP contribution in [0.15, 0.2) is 60.8 Å². The van der Waals surface area contributed by atoms with Crippen LogP contribution < -0.4 is 10.1 Å². The third kappa shape index (κ3) is 4.96. The van der Waals surface area contributed by atoms with Gasteiger partial charge in [-0.2, -0.15) is 5.10 Å². The van der Waals surface area contributed by atoms with Gasteiger partial charge in [-0.25, -0.2) is 0 Å². The maximum Gasteiger partial charge on any atom is 0.272 e. The van der Waals surface area contributed by atoms with Gasteiger partial charge in [0.15, 0.2) is 5.69 Å². The molecule has 37 heavy (non-hydrogen) atoms. The minimum absolute atomic E-state index is 0.0344. The molecule has 1 aliphatic heterocycles. The van der Waals surface area contributed by atoms with Crippen LogP contribution in [0.2, 0.25) is 0 Å². The van der Waals surface area contributed by atoms with Crippen molar-refractivity contribution in [3.8, 4) is 5.75 Å². The summed E-state index contributed by atoms with van der Waals surface area (Å²) in [7, 11) is 1.68. The van der Waals surface area contributed by atoms with E-state index in [1.165, 1.54) is 29.5 Å². The molecule has 0 bridgehead atoms. The van der Waals surface area contributed by atoms with Crippen molar-refractivity contribution in [3.05, 3.63) is 88.9 Å². The molecule has 3 heterocycles. The molecule has 0 spiro atoms. The molecule has 2 aromatic carbocycles. The number of carbonyl (C=O) groups excluding carboxylic acids is 1. The summed E-state index contributed by atoms with van der Waals surface area (Å²) in [6, 6.07) is 18.7. The summed E-state index contributed by atoms with van der Waals surface area (Å²) < 4.78 is 7.35. The van der Waals surface area contributed by atoms with Gasteiger partial charge in [-0.15, -0.1) is 0 Å². The summed E-state index contributed by atoms with van der Waals surface area (Å²) in [6.45, 7) is 3.08. The number of pyridine rings is 1. The first-order valence-corrected chi connectivity index (χ1v) is 13.3. The lowest BCUT2D eigenvalue weighted by Gasteiger charge is -2.28. The van der Waals surface area contributed by atoms with E-state index in [-0.39, 0.29) is 11.9 Å². The Morgan fingerprint density at radius 1 is 1.05 bits per heavy atom. The Morgan fingerprint density at radius 3 is 2.68 bits per heavy atom. The molecule has 2 aliphatic rings. The van der Waals surface area contributed by atoms with Crippen molar-refractivity contribution in [3.63, 3.8) is 0 Å². The quantitative estimate of drug-likeness (QED) is 0.402. The number of amides is 1. The maximum atomic E-state index is 13.4. The van der Waals surface area contributed by atoms with Crippen molar-refractivity contribution in [1.82, 2.24) is 25.0 Å². The van der Waals surface area contributed by atoms with Gasteiger partial charge in [0.1, 0.15) is 5.75 Å². The lowest BCUT2D eigenvalue weighted by Crippen LogP contribution is -2.35. The first-order chi connectivity index (χ1) is 18.2. The van der Waals surface area contributed by atoms with Gasteiger partial charge >= 0.3 is 0 Å². The topological polar surface area (TPSA) is 72.3 Å². The van der Waals surface area contributed by atoms with Gasteiger partial charge in [-0.3, -0.25) is 19.4 Å². The van der Waals surface area contributed by atoms with Crippen LogP contribution >= 0.6 is 0 Å². The number of hydrogen-bond acceptors (Lipinski definition) is 5. The molecule has 190 valence electrons. The molecule has 1 aliphatic carbocycles. The van der Waals surface area contributed by atoms with Crippen LogP contribution in [0.3, 0.4) is 0 Å². The fourth-order valence-corrected chi connectivity index (χ4v) is 5.76. The summed E-state index contributed by atoms with van der Waals surface area (Å²) in [5.41, 5.74) is 6.23. The molecule has 7 nitrogen and oxygen atoms in total. The molecule has 4 aromatic rings. The van der Waals surface area contributed by atoms with Crippen molar-refractivity contribution in [2.45, 2.75) is 57.8 Å². The average molecular weight is 496 g/mol. The number of aromatic nitrogens is 3. The van der Waals surface area contributed by atoms with E-state index < -0.39 is 0 Å². The molecule has 1 fully saturated rings. The maximum absolute atomic E-state index is 13.4. The second-order valence-corrected chi connectivity index (χ2v) is 10.2. The van der Waals surface area contributed by atoms with Crippen molar-refractivity contribution in [1.29, 1.82) is 0 Å². The zero-order valence-corrected chi connectivity index (χ0v) is 21.3. The lowest BCUT2D eigenvalue weighted by atomic mass is 10.0. The van der Waals surface area contributed by atoms with E-state index in [2.05, 4.69) is 51.6 Å². The summed E-state index contributed by atoms with van der Waals surface area (Å²) >= 11 is 0. The Morgan fingerprint density at radius 2 is 1.86 bits per heavy atom. The Balaban J connectivity index is 1.29. The van der Waals surface area contributed by atoms with E-state index in [4.69, 9.17) is 9.84 Å². The van der Waals surface area contributed by atoms with E-state index in [9.17, 15) is 4.79 Å². The van der Waals surface area contributed by atoms with Crippen LogP contribution in [-0.4, -0.2) is 45.3 Å². The molecule has 1 amide bonds. The van der Waals surface area contributed by atoms with E-state index in [1.807, 2.05) is 29.1 Å². The first kappa shape index (κ1) is 23.7. The number of nitrogens with zero attached hydrogens (tertiary/aromatic N) is 4. The Labute approximate surface area is 217 Å². The number of nitrogens with one attached hydrogen (secondary N) is 1. The van der Waals surface area contributed by atoms with E-state index in [0.717, 1.165) is 54.7 Å². The average Bonchev–Trinajstić information content (AvgIpc) is 3.57. The van der Waals surface area contributed by atoms with Crippen molar-refractivity contribution in [2.75, 3.05) is 13.7 Å². The summed E-state index contributed by atoms with van der Waals surface area (Å²) in [4.78, 5) is 20.4. The number of benzene rings is 2. The highest BCUT2D eigenvalue weighted by Crippen LogP contribution is 2.27. The molecular weight excluding hydrogens is 462 g/mol. The molecule has 7 heteroatoms. The van der Waals surface area contributed by atoms with Crippen LogP contribution in [0, 0.1) is 0 Å². The van der Waals surface area contributed by atoms with Crippen LogP contribution in [0.4, 0.5) is 0 Å². The lowest BCUT2D eigenvalue weighted by molar-refractivity contribution is 0.0929. The highest BCUT2D eigenvalue weighted by Gasteiger charge is 2.30. The van der Waals surface area contributed by atoms with Crippen LogP contribution in [0.1, 0.15) is 58.6 Å². The Bertz CT molecular complexity index is 1400. The van der Waals surface area contributed by atoms with Gasteiger partial charge in [0.2, 0.25) is 0 Å². The van der Waals surface area contributed by atoms with Gasteiger partial charge in [0.05, 0.1) is 19.2 Å². The molecule has 0 unspecified atom stereocenters. The largest absolute Gasteiger partial charge is 0.497 e. The number of rotatable bonds is 7. The summed E-state index contributed by atoms with van der Waals surface area (Å²) in [5, 5.41) is 9.35. The van der Waals surface area contributed by atoms with Gasteiger partial charge in [0.25, 0.3) is 5.91 Å². The highest BCUT2D eigenvalue weighted by molar-refractivity contribution is 5.94. The van der Waals surface area contributed by atoms with Crippen molar-refractivity contribution >= 4 is 16.8 Å². The fourth-order valence-electron chi connectivity index (χ4n) is 5.76. The van der Waals surface area contributed by atoms with Crippen molar-refractivity contribution < 1.29 is 9.53 Å². The SMILES string of the molecule is COc1ccc(Cn2nc(C(=O)NC3CCCC3)c3c2CCN(Cc2ccnc4ccccc24)C3)cc1. The predicted molar refractivity (Wildman–Crippen MR) is 144 cm³/mol. The van der Waals surface area contributed by atoms with E-state index in [0.29, 0.717) is 18.8 Å². The second-order valence-electron chi connectivity index (χ2n) is 10.2. The van der Waals surface area contributed by atoms with Crippen molar-refractivity contribution in [2.24, 2.45) is 0 Å².